The van der Waals surface area contributed by atoms with Crippen LogP contribution in [0.1, 0.15) is 84.7 Å². The van der Waals surface area contributed by atoms with Crippen molar-refractivity contribution in [2.24, 2.45) is 10.2 Å². The zero-order chi connectivity index (χ0) is 23.6. The molecule has 0 aliphatic heterocycles. The van der Waals surface area contributed by atoms with E-state index in [9.17, 15) is 9.59 Å². The Morgan fingerprint density at radius 3 is 1.56 bits per heavy atom. The molecule has 2 aliphatic carbocycles. The van der Waals surface area contributed by atoms with E-state index in [2.05, 4.69) is 45.3 Å². The quantitative estimate of drug-likeness (QED) is 0.293. The number of nitrogens with one attached hydrogen (secondary N) is 2. The highest BCUT2D eigenvalue weighted by molar-refractivity contribution is 5.83. The van der Waals surface area contributed by atoms with Gasteiger partial charge in [-0.3, -0.25) is 9.59 Å². The minimum atomic E-state index is -0.0731. The molecule has 0 saturated heterocycles. The number of aryl methyl sites for hydroxylation is 4. The fourth-order valence-corrected chi connectivity index (χ4v) is 4.74. The molecule has 2 N–H and O–H groups in total. The predicted molar refractivity (Wildman–Crippen MR) is 136 cm³/mol. The Bertz CT molecular complexity index is 989. The van der Waals surface area contributed by atoms with E-state index in [0.717, 1.165) is 62.5 Å². The molecule has 6 heteroatoms. The monoisotopic (exact) mass is 458 g/mol. The Hall–Kier alpha value is -3.28. The number of hydrogen-bond donors (Lipinski definition) is 2. The van der Waals surface area contributed by atoms with Crippen molar-refractivity contribution >= 4 is 24.2 Å². The maximum absolute atomic E-state index is 12.0. The standard InChI is InChI=1S/C28H34N4O2/c33-27(31-29-19-21-13-15-23-7-5-9-25(23)17-21)11-3-1-2-4-12-28(34)32-30-20-22-14-16-24-8-6-10-26(24)18-22/h13-20H,1-12H2,(H,31,33)(H,32,34)/b29-19-,30-20+. The summed E-state index contributed by atoms with van der Waals surface area (Å²) in [7, 11) is 0. The second kappa shape index (κ2) is 12.3. The smallest absolute Gasteiger partial charge is 0.240 e. The molecule has 0 heterocycles. The van der Waals surface area contributed by atoms with Crippen LogP contribution >= 0.6 is 0 Å². The van der Waals surface area contributed by atoms with E-state index in [4.69, 9.17) is 0 Å². The lowest BCUT2D eigenvalue weighted by atomic mass is 10.1. The molecule has 0 unspecified atom stereocenters. The van der Waals surface area contributed by atoms with Gasteiger partial charge in [-0.05, 0) is 96.9 Å². The molecular formula is C28H34N4O2. The van der Waals surface area contributed by atoms with E-state index in [0.29, 0.717) is 12.8 Å². The number of rotatable bonds is 11. The molecule has 0 atom stereocenters. The first-order valence-electron chi connectivity index (χ1n) is 12.5. The summed E-state index contributed by atoms with van der Waals surface area (Å²) >= 11 is 0. The van der Waals surface area contributed by atoms with Gasteiger partial charge in [-0.25, -0.2) is 10.9 Å². The number of hydrazone groups is 2. The molecule has 0 fully saturated rings. The molecule has 2 aromatic rings. The van der Waals surface area contributed by atoms with Gasteiger partial charge >= 0.3 is 0 Å². The molecule has 0 radical (unpaired) electrons. The van der Waals surface area contributed by atoms with Gasteiger partial charge in [-0.2, -0.15) is 10.2 Å². The van der Waals surface area contributed by atoms with Crippen LogP contribution in [0, 0.1) is 0 Å². The van der Waals surface area contributed by atoms with Crippen molar-refractivity contribution in [2.75, 3.05) is 0 Å². The van der Waals surface area contributed by atoms with Crippen LogP contribution < -0.4 is 10.9 Å². The zero-order valence-corrected chi connectivity index (χ0v) is 19.8. The van der Waals surface area contributed by atoms with Crippen molar-refractivity contribution < 1.29 is 9.59 Å². The number of carbonyl (C=O) groups excluding carboxylic acids is 2. The molecule has 4 rings (SSSR count). The van der Waals surface area contributed by atoms with Crippen LogP contribution in [-0.4, -0.2) is 24.2 Å². The lowest BCUT2D eigenvalue weighted by Gasteiger charge is -2.03. The number of carbonyl (C=O) groups is 2. The van der Waals surface area contributed by atoms with Crippen molar-refractivity contribution in [1.29, 1.82) is 0 Å². The van der Waals surface area contributed by atoms with Crippen molar-refractivity contribution in [3.63, 3.8) is 0 Å². The van der Waals surface area contributed by atoms with Gasteiger partial charge < -0.3 is 0 Å². The highest BCUT2D eigenvalue weighted by atomic mass is 16.2. The van der Waals surface area contributed by atoms with Crippen LogP contribution in [0.15, 0.2) is 46.6 Å². The number of hydrogen-bond acceptors (Lipinski definition) is 4. The van der Waals surface area contributed by atoms with Crippen molar-refractivity contribution in [3.8, 4) is 0 Å². The molecule has 2 amide bonds. The maximum atomic E-state index is 12.0. The summed E-state index contributed by atoms with van der Waals surface area (Å²) in [6.45, 7) is 0. The summed E-state index contributed by atoms with van der Waals surface area (Å²) < 4.78 is 0. The number of benzene rings is 2. The topological polar surface area (TPSA) is 82.9 Å². The molecule has 2 aliphatic rings. The predicted octanol–water partition coefficient (Wildman–Crippen LogP) is 4.61. The van der Waals surface area contributed by atoms with Crippen molar-refractivity contribution in [3.05, 3.63) is 69.8 Å². The van der Waals surface area contributed by atoms with E-state index in [1.165, 1.54) is 35.1 Å². The van der Waals surface area contributed by atoms with Crippen LogP contribution in [0.5, 0.6) is 0 Å². The van der Waals surface area contributed by atoms with Crippen molar-refractivity contribution in [2.45, 2.75) is 77.0 Å². The van der Waals surface area contributed by atoms with Gasteiger partial charge in [-0.1, -0.05) is 37.1 Å². The Balaban J connectivity index is 1.03. The van der Waals surface area contributed by atoms with Crippen LogP contribution in [0.2, 0.25) is 0 Å². The average molecular weight is 459 g/mol. The first-order valence-corrected chi connectivity index (χ1v) is 12.5. The summed E-state index contributed by atoms with van der Waals surface area (Å²) in [4.78, 5) is 23.9. The molecule has 0 saturated carbocycles. The third-order valence-electron chi connectivity index (χ3n) is 6.61. The number of fused-ring (bicyclic) bond motifs is 2. The zero-order valence-electron chi connectivity index (χ0n) is 19.8. The summed E-state index contributed by atoms with van der Waals surface area (Å²) in [5.74, 6) is -0.146. The second-order valence-corrected chi connectivity index (χ2v) is 9.26. The molecule has 0 bridgehead atoms. The molecule has 0 spiro atoms. The highest BCUT2D eigenvalue weighted by Gasteiger charge is 2.11. The SMILES string of the molecule is O=C(CCCCCCC(=O)N/N=C/c1ccc2c(c1)CCC2)N/N=C\c1ccc2c(c1)CCC2. The van der Waals surface area contributed by atoms with Gasteiger partial charge in [0.25, 0.3) is 0 Å². The fraction of sp³-hybridized carbons (Fsp3) is 0.429. The molecule has 0 aromatic heterocycles. The minimum Gasteiger partial charge on any atom is -0.273 e. The molecule has 6 nitrogen and oxygen atoms in total. The Morgan fingerprint density at radius 1 is 0.647 bits per heavy atom. The first kappa shape index (κ1) is 23.9. The highest BCUT2D eigenvalue weighted by Crippen LogP contribution is 2.23. The lowest BCUT2D eigenvalue weighted by molar-refractivity contribution is -0.122. The van der Waals surface area contributed by atoms with E-state index >= 15 is 0 Å². The minimum absolute atomic E-state index is 0.0731. The van der Waals surface area contributed by atoms with Crippen LogP contribution in [0.4, 0.5) is 0 Å². The van der Waals surface area contributed by atoms with Crippen LogP contribution in [0.25, 0.3) is 0 Å². The fourth-order valence-electron chi connectivity index (χ4n) is 4.74. The normalized spacial score (nSPS) is 14.5. The molecule has 34 heavy (non-hydrogen) atoms. The van der Waals surface area contributed by atoms with Gasteiger partial charge in [0.1, 0.15) is 0 Å². The second-order valence-electron chi connectivity index (χ2n) is 9.26. The third kappa shape index (κ3) is 7.11. The Kier molecular flexibility index (Phi) is 8.60. The number of unbranched alkanes of at least 4 members (excludes halogenated alkanes) is 3. The van der Waals surface area contributed by atoms with Gasteiger partial charge in [-0.15, -0.1) is 0 Å². The summed E-state index contributed by atoms with van der Waals surface area (Å²) in [5, 5.41) is 8.16. The summed E-state index contributed by atoms with van der Waals surface area (Å²) in [6.07, 6.45) is 14.7. The number of amides is 2. The van der Waals surface area contributed by atoms with E-state index < -0.39 is 0 Å². The van der Waals surface area contributed by atoms with Crippen LogP contribution in [-0.2, 0) is 35.3 Å². The molecule has 2 aromatic carbocycles. The molecule has 178 valence electrons. The van der Waals surface area contributed by atoms with Gasteiger partial charge in [0, 0.05) is 12.8 Å². The van der Waals surface area contributed by atoms with E-state index in [1.54, 1.807) is 12.4 Å². The van der Waals surface area contributed by atoms with Gasteiger partial charge in [0.2, 0.25) is 11.8 Å². The maximum Gasteiger partial charge on any atom is 0.240 e. The summed E-state index contributed by atoms with van der Waals surface area (Å²) in [5.41, 5.74) is 12.9. The Labute approximate surface area is 201 Å². The van der Waals surface area contributed by atoms with E-state index in [1.807, 2.05) is 12.1 Å². The van der Waals surface area contributed by atoms with Crippen LogP contribution in [0.3, 0.4) is 0 Å². The third-order valence-corrected chi connectivity index (χ3v) is 6.61. The molecular weight excluding hydrogens is 424 g/mol. The van der Waals surface area contributed by atoms with Crippen molar-refractivity contribution in [1.82, 2.24) is 10.9 Å². The lowest BCUT2D eigenvalue weighted by Crippen LogP contribution is -2.17. The van der Waals surface area contributed by atoms with Gasteiger partial charge in [0.15, 0.2) is 0 Å². The summed E-state index contributed by atoms with van der Waals surface area (Å²) in [6, 6.07) is 12.7. The first-order chi connectivity index (χ1) is 16.7. The average Bonchev–Trinajstić information content (AvgIpc) is 3.50. The van der Waals surface area contributed by atoms with E-state index in [-0.39, 0.29) is 11.8 Å². The largest absolute Gasteiger partial charge is 0.273 e. The Morgan fingerprint density at radius 2 is 1.09 bits per heavy atom. The number of nitrogens with zero attached hydrogens (tertiary/aromatic N) is 2. The van der Waals surface area contributed by atoms with Gasteiger partial charge in [0.05, 0.1) is 12.4 Å².